The molecule has 106 valence electrons. The second-order valence-electron chi connectivity index (χ2n) is 4.88. The normalized spacial score (nSPS) is 10.9. The first-order valence-corrected chi connectivity index (χ1v) is 6.62. The van der Waals surface area contributed by atoms with E-state index in [0.29, 0.717) is 31.8 Å². The van der Waals surface area contributed by atoms with Crippen LogP contribution in [0.3, 0.4) is 0 Å². The molecule has 0 bridgehead atoms. The van der Waals surface area contributed by atoms with Crippen LogP contribution in [-0.4, -0.2) is 48.1 Å². The van der Waals surface area contributed by atoms with Crippen molar-refractivity contribution >= 4 is 11.9 Å². The molecular weight excluding hydrogens is 232 g/mol. The summed E-state index contributed by atoms with van der Waals surface area (Å²) in [5, 5.41) is 11.3. The molecule has 0 heterocycles. The Balaban J connectivity index is 3.40. The number of carboxylic acids is 1. The van der Waals surface area contributed by atoms with Crippen molar-refractivity contribution in [2.45, 2.75) is 52.0 Å². The number of hydrogen-bond donors (Lipinski definition) is 2. The second-order valence-corrected chi connectivity index (χ2v) is 4.88. The summed E-state index contributed by atoms with van der Waals surface area (Å²) in [7, 11) is 2.07. The van der Waals surface area contributed by atoms with Crippen LogP contribution in [0.25, 0.3) is 0 Å². The van der Waals surface area contributed by atoms with Gasteiger partial charge in [-0.3, -0.25) is 9.59 Å². The molecule has 0 saturated carbocycles. The highest BCUT2D eigenvalue weighted by Crippen LogP contribution is 1.99. The third-order valence-electron chi connectivity index (χ3n) is 2.94. The van der Waals surface area contributed by atoms with Gasteiger partial charge in [-0.1, -0.05) is 0 Å². The van der Waals surface area contributed by atoms with Crippen LogP contribution in [0.1, 0.15) is 46.0 Å². The van der Waals surface area contributed by atoms with Gasteiger partial charge < -0.3 is 15.3 Å². The molecule has 0 fully saturated rings. The summed E-state index contributed by atoms with van der Waals surface area (Å²) in [6, 6.07) is 0.525. The predicted octanol–water partition coefficient (Wildman–Crippen LogP) is 1.48. The van der Waals surface area contributed by atoms with E-state index in [2.05, 4.69) is 31.1 Å². The number of carboxylic acid groups (broad SMARTS) is 1. The highest BCUT2D eigenvalue weighted by Gasteiger charge is 2.04. The maximum atomic E-state index is 11.4. The molecule has 0 aliphatic heterocycles. The number of unbranched alkanes of at least 4 members (excludes halogenated alkanes) is 1. The lowest BCUT2D eigenvalue weighted by Crippen LogP contribution is -2.31. The minimum atomic E-state index is -0.799. The first-order valence-electron chi connectivity index (χ1n) is 6.62. The minimum absolute atomic E-state index is 0.0209. The summed E-state index contributed by atoms with van der Waals surface area (Å²) in [4.78, 5) is 23.9. The summed E-state index contributed by atoms with van der Waals surface area (Å²) in [6.45, 7) is 5.94. The molecule has 0 rings (SSSR count). The summed E-state index contributed by atoms with van der Waals surface area (Å²) >= 11 is 0. The fraction of sp³-hybridized carbons (Fsp3) is 0.846. The number of nitrogens with one attached hydrogen (secondary N) is 1. The third-order valence-corrected chi connectivity index (χ3v) is 2.94. The zero-order valence-corrected chi connectivity index (χ0v) is 11.7. The Labute approximate surface area is 110 Å². The maximum Gasteiger partial charge on any atom is 0.303 e. The summed E-state index contributed by atoms with van der Waals surface area (Å²) in [5.74, 6) is -0.778. The topological polar surface area (TPSA) is 69.6 Å². The van der Waals surface area contributed by atoms with E-state index in [1.807, 2.05) is 0 Å². The number of nitrogens with zero attached hydrogens (tertiary/aromatic N) is 1. The Bertz CT molecular complexity index is 255. The van der Waals surface area contributed by atoms with E-state index < -0.39 is 5.97 Å². The molecule has 0 aromatic rings. The van der Waals surface area contributed by atoms with Crippen LogP contribution in [0.4, 0.5) is 0 Å². The molecule has 0 unspecified atom stereocenters. The van der Waals surface area contributed by atoms with Crippen molar-refractivity contribution < 1.29 is 14.7 Å². The lowest BCUT2D eigenvalue weighted by molar-refractivity contribution is -0.137. The molecule has 0 aliphatic rings. The molecule has 0 saturated heterocycles. The van der Waals surface area contributed by atoms with Crippen molar-refractivity contribution in [3.8, 4) is 0 Å². The van der Waals surface area contributed by atoms with Crippen molar-refractivity contribution in [1.82, 2.24) is 10.2 Å². The van der Waals surface area contributed by atoms with Gasteiger partial charge in [0.2, 0.25) is 5.91 Å². The molecule has 0 aromatic carbocycles. The molecule has 0 radical (unpaired) electrons. The fourth-order valence-electron chi connectivity index (χ4n) is 1.46. The highest BCUT2D eigenvalue weighted by molar-refractivity contribution is 5.75. The van der Waals surface area contributed by atoms with Crippen LogP contribution in [-0.2, 0) is 9.59 Å². The van der Waals surface area contributed by atoms with E-state index >= 15 is 0 Å². The second kappa shape index (κ2) is 9.88. The third kappa shape index (κ3) is 10.1. The Morgan fingerprint density at radius 3 is 2.33 bits per heavy atom. The molecule has 1 amide bonds. The summed E-state index contributed by atoms with van der Waals surface area (Å²) in [5.41, 5.74) is 0. The van der Waals surface area contributed by atoms with E-state index in [1.54, 1.807) is 0 Å². The standard InChI is InChI=1S/C13H26N2O3/c1-11(2)15(3)10-6-9-14-12(16)7-4-5-8-13(17)18/h11H,4-10H2,1-3H3,(H,14,16)(H,17,18). The van der Waals surface area contributed by atoms with Crippen LogP contribution >= 0.6 is 0 Å². The van der Waals surface area contributed by atoms with Gasteiger partial charge in [0.05, 0.1) is 0 Å². The number of hydrogen-bond acceptors (Lipinski definition) is 3. The van der Waals surface area contributed by atoms with Crippen LogP contribution < -0.4 is 5.32 Å². The molecular formula is C13H26N2O3. The minimum Gasteiger partial charge on any atom is -0.481 e. The van der Waals surface area contributed by atoms with Crippen molar-refractivity contribution in [1.29, 1.82) is 0 Å². The smallest absolute Gasteiger partial charge is 0.303 e. The molecule has 18 heavy (non-hydrogen) atoms. The summed E-state index contributed by atoms with van der Waals surface area (Å²) in [6.07, 6.45) is 2.72. The zero-order valence-electron chi connectivity index (χ0n) is 11.7. The van der Waals surface area contributed by atoms with Gasteiger partial charge in [0, 0.05) is 25.4 Å². The number of carbonyl (C=O) groups is 2. The quantitative estimate of drug-likeness (QED) is 0.582. The number of amides is 1. The van der Waals surface area contributed by atoms with E-state index in [0.717, 1.165) is 13.0 Å². The van der Waals surface area contributed by atoms with Crippen molar-refractivity contribution in [2.75, 3.05) is 20.1 Å². The molecule has 0 aliphatic carbocycles. The van der Waals surface area contributed by atoms with Gasteiger partial charge in [-0.15, -0.1) is 0 Å². The van der Waals surface area contributed by atoms with Gasteiger partial charge in [0.25, 0.3) is 0 Å². The van der Waals surface area contributed by atoms with Crippen LogP contribution in [0, 0.1) is 0 Å². The zero-order chi connectivity index (χ0) is 14.0. The van der Waals surface area contributed by atoms with Crippen molar-refractivity contribution in [3.63, 3.8) is 0 Å². The van der Waals surface area contributed by atoms with Crippen LogP contribution in [0.2, 0.25) is 0 Å². The Kier molecular flexibility index (Phi) is 9.28. The number of carbonyl (C=O) groups excluding carboxylic acids is 1. The van der Waals surface area contributed by atoms with E-state index in [9.17, 15) is 9.59 Å². The van der Waals surface area contributed by atoms with Crippen LogP contribution in [0.5, 0.6) is 0 Å². The first kappa shape index (κ1) is 16.9. The van der Waals surface area contributed by atoms with Crippen LogP contribution in [0.15, 0.2) is 0 Å². The first-order chi connectivity index (χ1) is 8.43. The maximum absolute atomic E-state index is 11.4. The number of rotatable bonds is 10. The lowest BCUT2D eigenvalue weighted by Gasteiger charge is -2.20. The molecule has 5 heteroatoms. The van der Waals surface area contributed by atoms with E-state index in [4.69, 9.17) is 5.11 Å². The molecule has 2 N–H and O–H groups in total. The largest absolute Gasteiger partial charge is 0.481 e. The molecule has 0 aromatic heterocycles. The van der Waals surface area contributed by atoms with Gasteiger partial charge in [0.15, 0.2) is 0 Å². The molecule has 0 atom stereocenters. The molecule has 5 nitrogen and oxygen atoms in total. The fourth-order valence-corrected chi connectivity index (χ4v) is 1.46. The Morgan fingerprint density at radius 1 is 1.17 bits per heavy atom. The lowest BCUT2D eigenvalue weighted by atomic mass is 10.2. The predicted molar refractivity (Wildman–Crippen MR) is 71.5 cm³/mol. The number of aliphatic carboxylic acids is 1. The SMILES string of the molecule is CC(C)N(C)CCCNC(=O)CCCCC(=O)O. The van der Waals surface area contributed by atoms with E-state index in [1.165, 1.54) is 0 Å². The van der Waals surface area contributed by atoms with Gasteiger partial charge in [-0.25, -0.2) is 0 Å². The summed E-state index contributed by atoms with van der Waals surface area (Å²) < 4.78 is 0. The van der Waals surface area contributed by atoms with Gasteiger partial charge in [-0.2, -0.15) is 0 Å². The highest BCUT2D eigenvalue weighted by atomic mass is 16.4. The van der Waals surface area contributed by atoms with E-state index in [-0.39, 0.29) is 12.3 Å². The van der Waals surface area contributed by atoms with Crippen molar-refractivity contribution in [3.05, 3.63) is 0 Å². The Hall–Kier alpha value is -1.10. The van der Waals surface area contributed by atoms with Gasteiger partial charge in [-0.05, 0) is 46.7 Å². The molecule has 0 spiro atoms. The monoisotopic (exact) mass is 258 g/mol. The van der Waals surface area contributed by atoms with Gasteiger partial charge >= 0.3 is 5.97 Å². The Morgan fingerprint density at radius 2 is 1.78 bits per heavy atom. The average Bonchev–Trinajstić information content (AvgIpc) is 2.29. The van der Waals surface area contributed by atoms with Gasteiger partial charge in [0.1, 0.15) is 0 Å². The van der Waals surface area contributed by atoms with Crippen molar-refractivity contribution in [2.24, 2.45) is 0 Å². The average molecular weight is 258 g/mol.